The minimum Gasteiger partial charge on any atom is -0.437 e. The standard InChI is InChI=1S/C52H112O24Si3/c1-77(2,51-7-11-55-15-19-59-23-27-63-31-35-67-39-43-71-47-49-73-45-41-69-37-33-65-29-25-61-21-17-57-13-9-53)75-79(5,6)76-78(3,4)52-8-12-56-16-20-60-24-28-64-32-36-68-40-44-72-48-50-74-46-42-70-38-34-66-30-26-62-22-18-58-14-10-54/h53-54H,7-52H2,1-6H3. The highest BCUT2D eigenvalue weighted by Gasteiger charge is 2.39. The Bertz CT molecular complexity index is 1100. The SMILES string of the molecule is C[Si](C)(CCCOCCOCCOCCOCCOCCOCCOCCOCCOCCOCCO)O[Si](C)(C)O[Si](C)(C)CCCOCCOCCOCCOCCOCCOCCOCCOCCOCCOCCO. The highest BCUT2D eigenvalue weighted by molar-refractivity contribution is 6.87. The quantitative estimate of drug-likeness (QED) is 0.0656. The minimum absolute atomic E-state index is 0.0193. The van der Waals surface area contributed by atoms with Crippen LogP contribution in [0.5, 0.6) is 0 Å². The van der Waals surface area contributed by atoms with Gasteiger partial charge in [0.2, 0.25) is 0 Å². The molecule has 476 valence electrons. The summed E-state index contributed by atoms with van der Waals surface area (Å²) in [5.74, 6) is 0. The maximum atomic E-state index is 8.63. The second-order valence-corrected chi connectivity index (χ2v) is 31.5. The maximum Gasteiger partial charge on any atom is 0.311 e. The van der Waals surface area contributed by atoms with Crippen molar-refractivity contribution in [3.8, 4) is 0 Å². The van der Waals surface area contributed by atoms with Crippen LogP contribution in [-0.2, 0) is 103 Å². The van der Waals surface area contributed by atoms with E-state index in [2.05, 4.69) is 39.3 Å². The molecular weight excluding hydrogens is 1090 g/mol. The van der Waals surface area contributed by atoms with E-state index < -0.39 is 25.2 Å². The van der Waals surface area contributed by atoms with Crippen molar-refractivity contribution in [3.63, 3.8) is 0 Å². The molecule has 0 saturated carbocycles. The lowest BCUT2D eigenvalue weighted by Gasteiger charge is -2.38. The first-order chi connectivity index (χ1) is 38.5. The summed E-state index contributed by atoms with van der Waals surface area (Å²) in [5, 5.41) is 17.3. The lowest BCUT2D eigenvalue weighted by atomic mass is 10.5. The lowest BCUT2D eigenvalue weighted by Crippen LogP contribution is -2.52. The molecule has 0 aliphatic rings. The molecule has 0 atom stereocenters. The highest BCUT2D eigenvalue weighted by Crippen LogP contribution is 2.26. The van der Waals surface area contributed by atoms with Crippen molar-refractivity contribution < 1.29 is 113 Å². The molecule has 0 unspecified atom stereocenters. The van der Waals surface area contributed by atoms with Crippen LogP contribution in [0, 0.1) is 0 Å². The molecule has 0 aliphatic carbocycles. The van der Waals surface area contributed by atoms with E-state index in [-0.39, 0.29) is 13.2 Å². The Labute approximate surface area is 478 Å². The minimum atomic E-state index is -2.31. The van der Waals surface area contributed by atoms with Gasteiger partial charge in [-0.2, -0.15) is 0 Å². The first-order valence-electron chi connectivity index (χ1n) is 28.7. The Hall–Kier alpha value is -0.309. The number of hydrogen-bond acceptors (Lipinski definition) is 24. The third-order valence-electron chi connectivity index (χ3n) is 10.3. The molecule has 0 fully saturated rings. The third-order valence-corrected chi connectivity index (χ3v) is 21.8. The Balaban J connectivity index is 3.49. The first kappa shape index (κ1) is 78.7. The van der Waals surface area contributed by atoms with Crippen molar-refractivity contribution in [1.29, 1.82) is 0 Å². The van der Waals surface area contributed by atoms with Gasteiger partial charge in [0.1, 0.15) is 0 Å². The molecule has 0 spiro atoms. The van der Waals surface area contributed by atoms with Gasteiger partial charge in [-0.3, -0.25) is 0 Å². The van der Waals surface area contributed by atoms with Crippen LogP contribution in [0.2, 0.25) is 51.4 Å². The summed E-state index contributed by atoms with van der Waals surface area (Å²) in [7, 11) is -6.17. The van der Waals surface area contributed by atoms with E-state index in [0.29, 0.717) is 264 Å². The van der Waals surface area contributed by atoms with Crippen LogP contribution in [0.3, 0.4) is 0 Å². The fourth-order valence-corrected chi connectivity index (χ4v) is 20.9. The summed E-state index contributed by atoms with van der Waals surface area (Å²) in [6, 6.07) is 2.02. The van der Waals surface area contributed by atoms with Gasteiger partial charge < -0.3 is 113 Å². The van der Waals surface area contributed by atoms with Crippen LogP contribution in [0.4, 0.5) is 0 Å². The van der Waals surface area contributed by atoms with Gasteiger partial charge in [-0.05, 0) is 64.2 Å². The summed E-state index contributed by atoms with van der Waals surface area (Å²) in [5.41, 5.74) is 0. The molecule has 27 heteroatoms. The second-order valence-electron chi connectivity index (χ2n) is 19.0. The molecule has 0 radical (unpaired) electrons. The summed E-state index contributed by atoms with van der Waals surface area (Å²) >= 11 is 0. The predicted molar refractivity (Wildman–Crippen MR) is 304 cm³/mol. The Kier molecular flexibility index (Phi) is 62.0. The molecule has 0 saturated heterocycles. The summed E-state index contributed by atoms with van der Waals surface area (Å²) < 4.78 is 124. The van der Waals surface area contributed by atoms with E-state index in [1.165, 1.54) is 0 Å². The van der Waals surface area contributed by atoms with Crippen LogP contribution >= 0.6 is 0 Å². The molecule has 0 heterocycles. The van der Waals surface area contributed by atoms with Gasteiger partial charge in [0.15, 0.2) is 16.6 Å². The topological polar surface area (TPSA) is 244 Å². The van der Waals surface area contributed by atoms with Gasteiger partial charge in [-0.15, -0.1) is 0 Å². The maximum absolute atomic E-state index is 8.63. The molecular formula is C52H112O24Si3. The molecule has 0 bridgehead atoms. The first-order valence-corrected chi connectivity index (χ1v) is 37.8. The van der Waals surface area contributed by atoms with Crippen molar-refractivity contribution >= 4 is 25.2 Å². The highest BCUT2D eigenvalue weighted by atomic mass is 28.5. The van der Waals surface area contributed by atoms with Crippen LogP contribution in [-0.4, -0.2) is 313 Å². The second kappa shape index (κ2) is 62.2. The summed E-state index contributed by atoms with van der Waals surface area (Å²) in [6.07, 6.45) is 1.90. The van der Waals surface area contributed by atoms with E-state index in [1.54, 1.807) is 0 Å². The van der Waals surface area contributed by atoms with Crippen molar-refractivity contribution in [2.24, 2.45) is 0 Å². The van der Waals surface area contributed by atoms with Gasteiger partial charge >= 0.3 is 8.56 Å². The van der Waals surface area contributed by atoms with E-state index in [1.807, 2.05) is 0 Å². The molecule has 0 aliphatic heterocycles. The summed E-state index contributed by atoms with van der Waals surface area (Å²) in [6.45, 7) is 33.5. The average Bonchev–Trinajstić information content (AvgIpc) is 3.41. The van der Waals surface area contributed by atoms with Crippen molar-refractivity contribution in [3.05, 3.63) is 0 Å². The normalized spacial score (nSPS) is 12.5. The van der Waals surface area contributed by atoms with Gasteiger partial charge in [0, 0.05) is 13.2 Å². The van der Waals surface area contributed by atoms with Crippen molar-refractivity contribution in [2.45, 2.75) is 64.2 Å². The zero-order valence-corrected chi connectivity index (χ0v) is 52.9. The van der Waals surface area contributed by atoms with E-state index in [4.69, 9.17) is 113 Å². The monoisotopic (exact) mass is 1200 g/mol. The van der Waals surface area contributed by atoms with E-state index in [0.717, 1.165) is 24.9 Å². The number of rotatable bonds is 70. The van der Waals surface area contributed by atoms with Crippen LogP contribution in [0.1, 0.15) is 12.8 Å². The molecule has 0 aromatic carbocycles. The molecule has 24 nitrogen and oxygen atoms in total. The zero-order chi connectivity index (χ0) is 57.6. The average molecular weight is 1210 g/mol. The van der Waals surface area contributed by atoms with E-state index >= 15 is 0 Å². The predicted octanol–water partition coefficient (Wildman–Crippen LogP) is 3.23. The molecule has 0 aromatic heterocycles. The molecule has 0 amide bonds. The van der Waals surface area contributed by atoms with Crippen LogP contribution < -0.4 is 0 Å². The Morgan fingerprint density at radius 1 is 0.190 bits per heavy atom. The number of aliphatic hydroxyl groups is 2. The fraction of sp³-hybridized carbons (Fsp3) is 1.00. The van der Waals surface area contributed by atoms with Gasteiger partial charge in [-0.25, -0.2) is 0 Å². The van der Waals surface area contributed by atoms with Gasteiger partial charge in [-0.1, -0.05) is 0 Å². The Morgan fingerprint density at radius 2 is 0.316 bits per heavy atom. The zero-order valence-electron chi connectivity index (χ0n) is 49.9. The van der Waals surface area contributed by atoms with Crippen LogP contribution in [0.15, 0.2) is 0 Å². The van der Waals surface area contributed by atoms with Gasteiger partial charge in [0.05, 0.1) is 264 Å². The van der Waals surface area contributed by atoms with E-state index in [9.17, 15) is 0 Å². The lowest BCUT2D eigenvalue weighted by molar-refractivity contribution is -0.0268. The number of aliphatic hydroxyl groups excluding tert-OH is 2. The molecule has 79 heavy (non-hydrogen) atoms. The fourth-order valence-electron chi connectivity index (χ4n) is 6.95. The summed E-state index contributed by atoms with van der Waals surface area (Å²) in [4.78, 5) is 0. The molecule has 0 aromatic rings. The number of hydrogen-bond donors (Lipinski definition) is 2. The van der Waals surface area contributed by atoms with Gasteiger partial charge in [0.25, 0.3) is 0 Å². The third kappa shape index (κ3) is 66.7. The largest absolute Gasteiger partial charge is 0.437 e. The number of ether oxygens (including phenoxy) is 20. The molecule has 2 N–H and O–H groups in total. The van der Waals surface area contributed by atoms with Crippen molar-refractivity contribution in [1.82, 2.24) is 0 Å². The van der Waals surface area contributed by atoms with Crippen molar-refractivity contribution in [2.75, 3.05) is 277 Å². The Morgan fingerprint density at radius 3 is 0.456 bits per heavy atom. The van der Waals surface area contributed by atoms with Crippen LogP contribution in [0.25, 0.3) is 0 Å². The molecule has 0 rings (SSSR count). The smallest absolute Gasteiger partial charge is 0.311 e.